The molecule has 0 amide bonds. The summed E-state index contributed by atoms with van der Waals surface area (Å²) in [6.45, 7) is 4.50. The van der Waals surface area contributed by atoms with E-state index in [2.05, 4.69) is 31.2 Å². The molecule has 2 rings (SSSR count). The van der Waals surface area contributed by atoms with Crippen LogP contribution in [0.5, 0.6) is 5.75 Å². The summed E-state index contributed by atoms with van der Waals surface area (Å²) < 4.78 is 5.76. The van der Waals surface area contributed by atoms with E-state index in [1.54, 1.807) is 6.07 Å². The average molecular weight is 281 g/mol. The Morgan fingerprint density at radius 1 is 1.00 bits per heavy atom. The van der Waals surface area contributed by atoms with Crippen LogP contribution >= 0.6 is 23.2 Å². The minimum Gasteiger partial charge on any atom is -0.487 e. The molecule has 0 saturated carbocycles. The second kappa shape index (κ2) is 5.64. The second-order valence-electron chi connectivity index (χ2n) is 4.31. The molecular weight excluding hydrogens is 267 g/mol. The molecule has 0 heterocycles. The summed E-state index contributed by atoms with van der Waals surface area (Å²) in [6, 6.07) is 11.8. The fourth-order valence-corrected chi connectivity index (χ4v) is 2.36. The van der Waals surface area contributed by atoms with Gasteiger partial charge in [0.15, 0.2) is 0 Å². The van der Waals surface area contributed by atoms with Gasteiger partial charge in [-0.05, 0) is 37.1 Å². The van der Waals surface area contributed by atoms with Crippen molar-refractivity contribution in [2.45, 2.75) is 20.5 Å². The zero-order valence-electron chi connectivity index (χ0n) is 10.3. The van der Waals surface area contributed by atoms with E-state index < -0.39 is 0 Å². The lowest BCUT2D eigenvalue weighted by Crippen LogP contribution is -1.97. The minimum atomic E-state index is 0.502. The van der Waals surface area contributed by atoms with Gasteiger partial charge in [-0.15, -0.1) is 0 Å². The van der Waals surface area contributed by atoms with Gasteiger partial charge in [-0.3, -0.25) is 0 Å². The molecule has 0 radical (unpaired) electrons. The van der Waals surface area contributed by atoms with Crippen LogP contribution in [-0.2, 0) is 6.61 Å². The first kappa shape index (κ1) is 13.3. The van der Waals surface area contributed by atoms with E-state index in [0.717, 1.165) is 11.1 Å². The fourth-order valence-electron chi connectivity index (χ4n) is 1.71. The van der Waals surface area contributed by atoms with Crippen LogP contribution in [0.1, 0.15) is 16.7 Å². The molecule has 2 aromatic carbocycles. The number of hydrogen-bond donors (Lipinski definition) is 0. The van der Waals surface area contributed by atoms with E-state index in [4.69, 9.17) is 27.9 Å². The monoisotopic (exact) mass is 280 g/mol. The second-order valence-corrected chi connectivity index (χ2v) is 5.15. The number of benzene rings is 2. The van der Waals surface area contributed by atoms with E-state index in [1.807, 2.05) is 13.0 Å². The van der Waals surface area contributed by atoms with E-state index in [-0.39, 0.29) is 0 Å². The van der Waals surface area contributed by atoms with E-state index in [9.17, 15) is 0 Å². The molecule has 0 fully saturated rings. The molecule has 0 saturated heterocycles. The zero-order valence-corrected chi connectivity index (χ0v) is 11.8. The largest absolute Gasteiger partial charge is 0.487 e. The van der Waals surface area contributed by atoms with Crippen LogP contribution in [0.25, 0.3) is 0 Å². The summed E-state index contributed by atoms with van der Waals surface area (Å²) in [7, 11) is 0. The Kier molecular flexibility index (Phi) is 4.15. The predicted octanol–water partition coefficient (Wildman–Crippen LogP) is 5.19. The van der Waals surface area contributed by atoms with Crippen LogP contribution in [0.4, 0.5) is 0 Å². The third kappa shape index (κ3) is 3.18. The van der Waals surface area contributed by atoms with Gasteiger partial charge in [0.05, 0.1) is 5.02 Å². The molecule has 0 bridgehead atoms. The third-order valence-electron chi connectivity index (χ3n) is 2.70. The molecule has 94 valence electrons. The standard InChI is InChI=1S/C15H14Cl2O/c1-10-3-5-12(6-4-10)9-18-15-11(2)7-13(16)8-14(15)17/h3-8H,9H2,1-2H3. The van der Waals surface area contributed by atoms with Gasteiger partial charge < -0.3 is 4.74 Å². The first-order valence-electron chi connectivity index (χ1n) is 5.70. The van der Waals surface area contributed by atoms with Gasteiger partial charge in [0, 0.05) is 5.02 Å². The van der Waals surface area contributed by atoms with Crippen molar-refractivity contribution in [2.75, 3.05) is 0 Å². The van der Waals surface area contributed by atoms with Crippen molar-refractivity contribution in [1.29, 1.82) is 0 Å². The van der Waals surface area contributed by atoms with Crippen molar-refractivity contribution in [1.82, 2.24) is 0 Å². The van der Waals surface area contributed by atoms with E-state index >= 15 is 0 Å². The summed E-state index contributed by atoms with van der Waals surface area (Å²) >= 11 is 12.0. The van der Waals surface area contributed by atoms with Gasteiger partial charge in [-0.25, -0.2) is 0 Å². The molecular formula is C15H14Cl2O. The lowest BCUT2D eigenvalue weighted by Gasteiger charge is -2.11. The van der Waals surface area contributed by atoms with Crippen LogP contribution < -0.4 is 4.74 Å². The van der Waals surface area contributed by atoms with Gasteiger partial charge >= 0.3 is 0 Å². The fraction of sp³-hybridized carbons (Fsp3) is 0.200. The normalized spacial score (nSPS) is 10.4. The lowest BCUT2D eigenvalue weighted by atomic mass is 10.1. The number of ether oxygens (including phenoxy) is 1. The van der Waals surface area contributed by atoms with Crippen LogP contribution in [0.2, 0.25) is 10.0 Å². The first-order chi connectivity index (χ1) is 8.56. The maximum Gasteiger partial charge on any atom is 0.141 e. The molecule has 3 heteroatoms. The zero-order chi connectivity index (χ0) is 13.1. The maximum atomic E-state index is 6.12. The SMILES string of the molecule is Cc1ccc(COc2c(C)cc(Cl)cc2Cl)cc1. The number of aryl methyl sites for hydroxylation is 2. The van der Waals surface area contributed by atoms with E-state index in [0.29, 0.717) is 22.4 Å². The van der Waals surface area contributed by atoms with Crippen molar-refractivity contribution in [3.05, 3.63) is 63.1 Å². The molecule has 2 aromatic rings. The van der Waals surface area contributed by atoms with Crippen molar-refractivity contribution in [3.8, 4) is 5.75 Å². The smallest absolute Gasteiger partial charge is 0.141 e. The molecule has 1 nitrogen and oxygen atoms in total. The summed E-state index contributed by atoms with van der Waals surface area (Å²) in [5.74, 6) is 0.696. The molecule has 0 aliphatic rings. The van der Waals surface area contributed by atoms with Crippen LogP contribution in [0.3, 0.4) is 0 Å². The Morgan fingerprint density at radius 2 is 1.67 bits per heavy atom. The van der Waals surface area contributed by atoms with Crippen LogP contribution in [0, 0.1) is 13.8 Å². The topological polar surface area (TPSA) is 9.23 Å². The first-order valence-corrected chi connectivity index (χ1v) is 6.46. The predicted molar refractivity (Wildman–Crippen MR) is 76.7 cm³/mol. The third-order valence-corrected chi connectivity index (χ3v) is 3.20. The van der Waals surface area contributed by atoms with Gasteiger partial charge in [-0.1, -0.05) is 53.0 Å². The molecule has 0 aliphatic carbocycles. The highest BCUT2D eigenvalue weighted by atomic mass is 35.5. The molecule has 0 aliphatic heterocycles. The van der Waals surface area contributed by atoms with E-state index in [1.165, 1.54) is 5.56 Å². The summed E-state index contributed by atoms with van der Waals surface area (Å²) in [4.78, 5) is 0. The molecule has 18 heavy (non-hydrogen) atoms. The quantitative estimate of drug-likeness (QED) is 0.752. The Morgan fingerprint density at radius 3 is 2.28 bits per heavy atom. The Labute approximate surface area is 117 Å². The molecule has 0 spiro atoms. The summed E-state index contributed by atoms with van der Waals surface area (Å²) in [5.41, 5.74) is 3.30. The number of hydrogen-bond acceptors (Lipinski definition) is 1. The van der Waals surface area contributed by atoms with Gasteiger partial charge in [0.2, 0.25) is 0 Å². The van der Waals surface area contributed by atoms with Gasteiger partial charge in [0.1, 0.15) is 12.4 Å². The van der Waals surface area contributed by atoms with Gasteiger partial charge in [-0.2, -0.15) is 0 Å². The van der Waals surface area contributed by atoms with Crippen molar-refractivity contribution in [3.63, 3.8) is 0 Å². The van der Waals surface area contributed by atoms with Crippen LogP contribution in [0.15, 0.2) is 36.4 Å². The molecule has 0 aromatic heterocycles. The summed E-state index contributed by atoms with van der Waals surface area (Å²) in [6.07, 6.45) is 0. The maximum absolute atomic E-state index is 6.12. The number of halogens is 2. The highest BCUT2D eigenvalue weighted by Crippen LogP contribution is 2.32. The Hall–Kier alpha value is -1.18. The van der Waals surface area contributed by atoms with Crippen molar-refractivity contribution >= 4 is 23.2 Å². The van der Waals surface area contributed by atoms with Gasteiger partial charge in [0.25, 0.3) is 0 Å². The lowest BCUT2D eigenvalue weighted by molar-refractivity contribution is 0.304. The minimum absolute atomic E-state index is 0.502. The average Bonchev–Trinajstić information content (AvgIpc) is 2.30. The molecule has 0 N–H and O–H groups in total. The van der Waals surface area contributed by atoms with Crippen molar-refractivity contribution < 1.29 is 4.74 Å². The molecule has 0 unspecified atom stereocenters. The highest BCUT2D eigenvalue weighted by molar-refractivity contribution is 6.35. The molecule has 0 atom stereocenters. The van der Waals surface area contributed by atoms with Crippen molar-refractivity contribution in [2.24, 2.45) is 0 Å². The Balaban J connectivity index is 2.13. The Bertz CT molecular complexity index is 524. The number of rotatable bonds is 3. The van der Waals surface area contributed by atoms with Crippen LogP contribution in [-0.4, -0.2) is 0 Å². The summed E-state index contributed by atoms with van der Waals surface area (Å²) in [5, 5.41) is 1.17. The highest BCUT2D eigenvalue weighted by Gasteiger charge is 2.07.